The quantitative estimate of drug-likeness (QED) is 0.430. The summed E-state index contributed by atoms with van der Waals surface area (Å²) in [4.78, 5) is 15.0. The first kappa shape index (κ1) is 20.7. The molecule has 160 valence electrons. The summed E-state index contributed by atoms with van der Waals surface area (Å²) in [5, 5.41) is 0.922. The van der Waals surface area contributed by atoms with E-state index in [4.69, 9.17) is 11.6 Å². The minimum Gasteiger partial charge on any atom is -0.335 e. The Morgan fingerprint density at radius 1 is 1.10 bits per heavy atom. The highest BCUT2D eigenvalue weighted by atomic mass is 35.5. The molecule has 0 unspecified atom stereocenters. The van der Waals surface area contributed by atoms with E-state index in [1.807, 2.05) is 0 Å². The van der Waals surface area contributed by atoms with E-state index in [0.29, 0.717) is 31.0 Å². The first-order chi connectivity index (χ1) is 14.9. The van der Waals surface area contributed by atoms with Gasteiger partial charge in [0.1, 0.15) is 26.6 Å². The lowest BCUT2D eigenvalue weighted by Crippen LogP contribution is -2.50. The smallest absolute Gasteiger partial charge is 0.265 e. The molecule has 7 nitrogen and oxygen atoms in total. The van der Waals surface area contributed by atoms with Gasteiger partial charge in [0, 0.05) is 36.3 Å². The molecule has 0 atom stereocenters. The summed E-state index contributed by atoms with van der Waals surface area (Å²) in [7, 11) is -3.77. The van der Waals surface area contributed by atoms with Crippen molar-refractivity contribution < 1.29 is 17.6 Å². The van der Waals surface area contributed by atoms with Gasteiger partial charge >= 0.3 is 0 Å². The van der Waals surface area contributed by atoms with E-state index in [-0.39, 0.29) is 37.0 Å². The van der Waals surface area contributed by atoms with Crippen LogP contribution in [-0.2, 0) is 10.0 Å². The number of thiophene rings is 1. The zero-order chi connectivity index (χ0) is 21.8. The van der Waals surface area contributed by atoms with Gasteiger partial charge in [0.2, 0.25) is 10.0 Å². The van der Waals surface area contributed by atoms with Crippen LogP contribution in [0.2, 0.25) is 5.02 Å². The summed E-state index contributed by atoms with van der Waals surface area (Å²) >= 11 is 8.47. The number of piperazine rings is 1. The Hall–Kier alpha value is -2.18. The van der Waals surface area contributed by atoms with Crippen molar-refractivity contribution in [3.8, 4) is 0 Å². The third kappa shape index (κ3) is 3.50. The van der Waals surface area contributed by atoms with Crippen molar-refractivity contribution in [1.82, 2.24) is 18.0 Å². The molecule has 1 fully saturated rings. The van der Waals surface area contributed by atoms with Crippen LogP contribution in [0.25, 0.3) is 21.1 Å². The number of halogens is 2. The van der Waals surface area contributed by atoms with E-state index in [2.05, 4.69) is 8.75 Å². The molecule has 2 aromatic carbocycles. The Morgan fingerprint density at radius 2 is 1.87 bits per heavy atom. The number of carbonyl (C=O) groups excluding carboxylic acids is 1. The van der Waals surface area contributed by atoms with Gasteiger partial charge in [0.15, 0.2) is 0 Å². The number of rotatable bonds is 3. The Balaban J connectivity index is 1.36. The van der Waals surface area contributed by atoms with Gasteiger partial charge in [-0.1, -0.05) is 17.7 Å². The number of aromatic nitrogens is 2. The van der Waals surface area contributed by atoms with Crippen LogP contribution in [0, 0.1) is 5.82 Å². The molecule has 3 heterocycles. The summed E-state index contributed by atoms with van der Waals surface area (Å²) < 4.78 is 50.0. The minimum atomic E-state index is -3.77. The number of benzene rings is 2. The van der Waals surface area contributed by atoms with Crippen LogP contribution in [0.3, 0.4) is 0 Å². The predicted molar refractivity (Wildman–Crippen MR) is 119 cm³/mol. The van der Waals surface area contributed by atoms with Gasteiger partial charge in [-0.2, -0.15) is 13.1 Å². The Morgan fingerprint density at radius 3 is 2.65 bits per heavy atom. The molecule has 1 amide bonds. The molecular weight excluding hydrogens is 483 g/mol. The fourth-order valence-electron chi connectivity index (χ4n) is 3.58. The third-order valence-electron chi connectivity index (χ3n) is 5.18. The second-order valence-corrected chi connectivity index (χ2v) is 10.8. The largest absolute Gasteiger partial charge is 0.335 e. The van der Waals surface area contributed by atoms with Gasteiger partial charge in [-0.25, -0.2) is 12.8 Å². The molecule has 0 aliphatic carbocycles. The van der Waals surface area contributed by atoms with E-state index in [1.165, 1.54) is 22.5 Å². The van der Waals surface area contributed by atoms with Crippen LogP contribution >= 0.6 is 34.7 Å². The highest BCUT2D eigenvalue weighted by Crippen LogP contribution is 2.36. The molecule has 0 spiro atoms. The van der Waals surface area contributed by atoms with Crippen molar-refractivity contribution in [2.45, 2.75) is 4.90 Å². The maximum Gasteiger partial charge on any atom is 0.265 e. The van der Waals surface area contributed by atoms with E-state index >= 15 is 0 Å². The zero-order valence-corrected chi connectivity index (χ0v) is 19.0. The Labute approximate surface area is 190 Å². The van der Waals surface area contributed by atoms with E-state index in [9.17, 15) is 17.6 Å². The monoisotopic (exact) mass is 496 g/mol. The summed E-state index contributed by atoms with van der Waals surface area (Å²) in [5.41, 5.74) is 0.894. The van der Waals surface area contributed by atoms with Crippen LogP contribution in [0.1, 0.15) is 9.67 Å². The Kier molecular flexibility index (Phi) is 5.18. The molecule has 1 aliphatic rings. The van der Waals surface area contributed by atoms with Crippen LogP contribution in [-0.4, -0.2) is 58.5 Å². The van der Waals surface area contributed by atoms with Crippen molar-refractivity contribution >= 4 is 71.7 Å². The Bertz CT molecular complexity index is 1430. The molecule has 1 saturated heterocycles. The molecule has 4 aromatic rings. The first-order valence-electron chi connectivity index (χ1n) is 9.24. The molecule has 1 aliphatic heterocycles. The van der Waals surface area contributed by atoms with Crippen molar-refractivity contribution in [3.05, 3.63) is 52.1 Å². The molecule has 2 aromatic heterocycles. The van der Waals surface area contributed by atoms with Gasteiger partial charge in [0.05, 0.1) is 16.8 Å². The standard InChI is InChI=1S/C19H14ClFN4O3S3/c20-16-12-5-4-11(21)10-14(12)29-18(16)19(26)24-6-8-25(9-7-24)31(27,28)15-3-1-2-13-17(15)23-30-22-13/h1-5,10H,6-9H2. The first-order valence-corrected chi connectivity index (χ1v) is 12.6. The number of fused-ring (bicyclic) bond motifs is 2. The van der Waals surface area contributed by atoms with Crippen molar-refractivity contribution in [2.75, 3.05) is 26.2 Å². The molecule has 0 N–H and O–H groups in total. The average Bonchev–Trinajstić information content (AvgIpc) is 3.37. The summed E-state index contributed by atoms with van der Waals surface area (Å²) in [6.45, 7) is 0.753. The lowest BCUT2D eigenvalue weighted by Gasteiger charge is -2.33. The predicted octanol–water partition coefficient (Wildman–Crippen LogP) is 3.85. The van der Waals surface area contributed by atoms with E-state index < -0.39 is 15.8 Å². The van der Waals surface area contributed by atoms with Gasteiger partial charge in [-0.3, -0.25) is 4.79 Å². The van der Waals surface area contributed by atoms with Crippen molar-refractivity contribution in [3.63, 3.8) is 0 Å². The van der Waals surface area contributed by atoms with E-state index in [1.54, 1.807) is 23.1 Å². The number of nitrogens with zero attached hydrogens (tertiary/aromatic N) is 4. The SMILES string of the molecule is O=C(c1sc2cc(F)ccc2c1Cl)N1CCN(S(=O)(=O)c2cccc3nsnc23)CC1. The maximum absolute atomic E-state index is 13.5. The van der Waals surface area contributed by atoms with Crippen LogP contribution < -0.4 is 0 Å². The second kappa shape index (κ2) is 7.75. The second-order valence-electron chi connectivity index (χ2n) is 6.97. The number of amides is 1. The molecular formula is C19H14ClFN4O3S3. The molecule has 12 heteroatoms. The van der Waals surface area contributed by atoms with E-state index in [0.717, 1.165) is 23.1 Å². The summed E-state index contributed by atoms with van der Waals surface area (Å²) in [6.07, 6.45) is 0. The van der Waals surface area contributed by atoms with Gasteiger partial charge in [-0.05, 0) is 30.3 Å². The third-order valence-corrected chi connectivity index (χ3v) is 9.30. The lowest BCUT2D eigenvalue weighted by atomic mass is 10.2. The topological polar surface area (TPSA) is 83.5 Å². The molecule has 5 rings (SSSR count). The molecule has 0 bridgehead atoms. The van der Waals surface area contributed by atoms with Crippen LogP contribution in [0.5, 0.6) is 0 Å². The fourth-order valence-corrected chi connectivity index (χ4v) is 7.26. The van der Waals surface area contributed by atoms with Crippen LogP contribution in [0.15, 0.2) is 41.3 Å². The number of sulfonamides is 1. The zero-order valence-electron chi connectivity index (χ0n) is 15.8. The minimum absolute atomic E-state index is 0.119. The number of hydrogen-bond acceptors (Lipinski definition) is 7. The summed E-state index contributed by atoms with van der Waals surface area (Å²) in [5.74, 6) is -0.678. The highest BCUT2D eigenvalue weighted by Gasteiger charge is 2.33. The maximum atomic E-state index is 13.5. The number of hydrogen-bond donors (Lipinski definition) is 0. The number of carbonyl (C=O) groups is 1. The van der Waals surface area contributed by atoms with Crippen LogP contribution in [0.4, 0.5) is 4.39 Å². The molecule has 0 radical (unpaired) electrons. The van der Waals surface area contributed by atoms with Crippen molar-refractivity contribution in [1.29, 1.82) is 0 Å². The molecule has 31 heavy (non-hydrogen) atoms. The summed E-state index contributed by atoms with van der Waals surface area (Å²) in [6, 6.07) is 9.08. The fraction of sp³-hybridized carbons (Fsp3) is 0.211. The van der Waals surface area contributed by atoms with Gasteiger partial charge in [-0.15, -0.1) is 11.3 Å². The highest BCUT2D eigenvalue weighted by molar-refractivity contribution is 7.89. The lowest BCUT2D eigenvalue weighted by molar-refractivity contribution is 0.0703. The van der Waals surface area contributed by atoms with Gasteiger partial charge in [0.25, 0.3) is 5.91 Å². The average molecular weight is 497 g/mol. The van der Waals surface area contributed by atoms with Crippen molar-refractivity contribution in [2.24, 2.45) is 0 Å². The molecule has 0 saturated carbocycles. The van der Waals surface area contributed by atoms with Gasteiger partial charge < -0.3 is 4.90 Å². The normalized spacial score (nSPS) is 15.7.